The molecule has 0 bridgehead atoms. The van der Waals surface area contributed by atoms with Gasteiger partial charge >= 0.3 is 0 Å². The van der Waals surface area contributed by atoms with Crippen LogP contribution in [0.25, 0.3) is 11.0 Å². The predicted octanol–water partition coefficient (Wildman–Crippen LogP) is 1.55. The normalized spacial score (nSPS) is 12.9. The Morgan fingerprint density at radius 3 is 2.53 bits per heavy atom. The van der Waals surface area contributed by atoms with Crippen molar-refractivity contribution < 1.29 is 31.2 Å². The topological polar surface area (TPSA) is 106 Å². The second kappa shape index (κ2) is 7.91. The standard InChI is InChI=1S/C17H16F3N5O4S/c1-9(17(26)21-13-7-5-11(18)15(19)16(13)20)29-25-14-8-10(30(27,28)24(2)3)4-6-12(14)22-23-25/h4-9H,1-3H3,(H,21,26)/t9-/m1/s1. The number of benzene rings is 2. The quantitative estimate of drug-likeness (QED) is 0.580. The summed E-state index contributed by atoms with van der Waals surface area (Å²) in [6.45, 7) is 1.29. The molecule has 0 spiro atoms. The van der Waals surface area contributed by atoms with Crippen LogP contribution >= 0.6 is 0 Å². The molecule has 0 saturated carbocycles. The fraction of sp³-hybridized carbons (Fsp3) is 0.235. The Kier molecular flexibility index (Phi) is 5.67. The van der Waals surface area contributed by atoms with Crippen LogP contribution in [0.2, 0.25) is 0 Å². The summed E-state index contributed by atoms with van der Waals surface area (Å²) in [6.07, 6.45) is -1.28. The van der Waals surface area contributed by atoms with E-state index in [1.165, 1.54) is 39.2 Å². The molecule has 1 N–H and O–H groups in total. The maximum Gasteiger partial charge on any atom is 0.268 e. The Bertz CT molecular complexity index is 1230. The van der Waals surface area contributed by atoms with Gasteiger partial charge in [-0.2, -0.15) is 0 Å². The summed E-state index contributed by atoms with van der Waals surface area (Å²) in [7, 11) is -0.998. The van der Waals surface area contributed by atoms with Gasteiger partial charge in [0.15, 0.2) is 17.5 Å². The number of nitrogens with zero attached hydrogens (tertiary/aromatic N) is 4. The SMILES string of the molecule is C[C@@H](On1nnc2ccc(S(=O)(=O)N(C)C)cc21)C(=O)Nc1ccc(F)c(F)c1F. The first kappa shape index (κ1) is 21.5. The second-order valence-corrected chi connectivity index (χ2v) is 8.51. The molecule has 1 amide bonds. The van der Waals surface area contributed by atoms with E-state index in [1.54, 1.807) is 0 Å². The number of amides is 1. The number of hydrogen-bond acceptors (Lipinski definition) is 6. The minimum atomic E-state index is -3.74. The van der Waals surface area contributed by atoms with Crippen LogP contribution in [-0.2, 0) is 14.8 Å². The van der Waals surface area contributed by atoms with E-state index < -0.39 is 45.2 Å². The average Bonchev–Trinajstić information content (AvgIpc) is 3.10. The van der Waals surface area contributed by atoms with Crippen LogP contribution in [0.1, 0.15) is 6.92 Å². The molecule has 0 saturated heterocycles. The van der Waals surface area contributed by atoms with Crippen molar-refractivity contribution in [3.63, 3.8) is 0 Å². The number of carbonyl (C=O) groups is 1. The highest BCUT2D eigenvalue weighted by molar-refractivity contribution is 7.89. The van der Waals surface area contributed by atoms with Gasteiger partial charge in [-0.1, -0.05) is 4.85 Å². The third-order valence-corrected chi connectivity index (χ3v) is 5.90. The molecule has 160 valence electrons. The molecular weight excluding hydrogens is 427 g/mol. The average molecular weight is 443 g/mol. The lowest BCUT2D eigenvalue weighted by Gasteiger charge is -2.15. The fourth-order valence-electron chi connectivity index (χ4n) is 2.38. The number of rotatable bonds is 6. The highest BCUT2D eigenvalue weighted by Crippen LogP contribution is 2.21. The molecule has 3 rings (SSSR count). The molecule has 0 aliphatic heterocycles. The summed E-state index contributed by atoms with van der Waals surface area (Å²) < 4.78 is 65.7. The minimum absolute atomic E-state index is 0.0480. The molecule has 1 atom stereocenters. The Morgan fingerprint density at radius 2 is 1.87 bits per heavy atom. The number of hydrogen-bond donors (Lipinski definition) is 1. The Labute approximate surface area is 169 Å². The number of fused-ring (bicyclic) bond motifs is 1. The maximum atomic E-state index is 13.7. The van der Waals surface area contributed by atoms with E-state index in [2.05, 4.69) is 15.6 Å². The van der Waals surface area contributed by atoms with Crippen LogP contribution in [0.4, 0.5) is 18.9 Å². The zero-order chi connectivity index (χ0) is 22.2. The first-order valence-corrected chi connectivity index (χ1v) is 9.86. The summed E-state index contributed by atoms with van der Waals surface area (Å²) in [5.74, 6) is -5.56. The van der Waals surface area contributed by atoms with Crippen LogP contribution in [0.5, 0.6) is 0 Å². The number of halogens is 3. The van der Waals surface area contributed by atoms with Crippen molar-refractivity contribution in [3.05, 3.63) is 47.8 Å². The number of anilines is 1. The number of nitrogens with one attached hydrogen (secondary N) is 1. The smallest absolute Gasteiger partial charge is 0.268 e. The van der Waals surface area contributed by atoms with Gasteiger partial charge in [0.25, 0.3) is 5.91 Å². The molecule has 0 radical (unpaired) electrons. The van der Waals surface area contributed by atoms with E-state index in [-0.39, 0.29) is 10.4 Å². The van der Waals surface area contributed by atoms with Gasteiger partial charge in [0, 0.05) is 14.1 Å². The molecule has 30 heavy (non-hydrogen) atoms. The maximum absolute atomic E-state index is 13.7. The van der Waals surface area contributed by atoms with Crippen molar-refractivity contribution in [2.45, 2.75) is 17.9 Å². The summed E-state index contributed by atoms with van der Waals surface area (Å²) in [6, 6.07) is 5.56. The van der Waals surface area contributed by atoms with Crippen molar-refractivity contribution in [2.24, 2.45) is 0 Å². The van der Waals surface area contributed by atoms with Gasteiger partial charge in [-0.05, 0) is 42.5 Å². The van der Waals surface area contributed by atoms with Gasteiger partial charge in [0.1, 0.15) is 11.0 Å². The zero-order valence-corrected chi connectivity index (χ0v) is 16.7. The van der Waals surface area contributed by atoms with Gasteiger partial charge in [-0.25, -0.2) is 25.9 Å². The summed E-state index contributed by atoms with van der Waals surface area (Å²) in [5.41, 5.74) is -0.110. The lowest BCUT2D eigenvalue weighted by molar-refractivity contribution is -0.127. The first-order chi connectivity index (χ1) is 14.0. The van der Waals surface area contributed by atoms with E-state index in [9.17, 15) is 26.4 Å². The molecular formula is C17H16F3N5O4S. The van der Waals surface area contributed by atoms with Gasteiger partial charge in [0.05, 0.1) is 10.6 Å². The van der Waals surface area contributed by atoms with Crippen molar-refractivity contribution in [1.29, 1.82) is 0 Å². The fourth-order valence-corrected chi connectivity index (χ4v) is 3.30. The van der Waals surface area contributed by atoms with E-state index in [4.69, 9.17) is 4.84 Å². The highest BCUT2D eigenvalue weighted by atomic mass is 32.2. The summed E-state index contributed by atoms with van der Waals surface area (Å²) in [4.78, 5) is 18.4. The summed E-state index contributed by atoms with van der Waals surface area (Å²) >= 11 is 0. The van der Waals surface area contributed by atoms with Crippen LogP contribution in [0.3, 0.4) is 0 Å². The van der Waals surface area contributed by atoms with E-state index in [0.717, 1.165) is 15.2 Å². The van der Waals surface area contributed by atoms with Crippen LogP contribution in [-0.4, -0.2) is 54.0 Å². The minimum Gasteiger partial charge on any atom is -0.382 e. The monoisotopic (exact) mass is 443 g/mol. The van der Waals surface area contributed by atoms with Crippen LogP contribution in [0, 0.1) is 17.5 Å². The molecule has 13 heteroatoms. The molecule has 0 fully saturated rings. The van der Waals surface area contributed by atoms with Gasteiger partial charge < -0.3 is 10.2 Å². The molecule has 1 aromatic heterocycles. The largest absolute Gasteiger partial charge is 0.382 e. The van der Waals surface area contributed by atoms with Crippen molar-refractivity contribution in [1.82, 2.24) is 19.5 Å². The van der Waals surface area contributed by atoms with Gasteiger partial charge in [0.2, 0.25) is 16.1 Å². The molecule has 2 aromatic carbocycles. The molecule has 0 unspecified atom stereocenters. The number of carbonyl (C=O) groups excluding carboxylic acids is 1. The second-order valence-electron chi connectivity index (χ2n) is 6.36. The van der Waals surface area contributed by atoms with E-state index >= 15 is 0 Å². The number of sulfonamides is 1. The Balaban J connectivity index is 1.83. The number of aromatic nitrogens is 3. The molecule has 9 nitrogen and oxygen atoms in total. The van der Waals surface area contributed by atoms with Gasteiger partial charge in [-0.15, -0.1) is 5.10 Å². The van der Waals surface area contributed by atoms with E-state index in [1.807, 2.05) is 0 Å². The Morgan fingerprint density at radius 1 is 1.17 bits per heavy atom. The van der Waals surface area contributed by atoms with Crippen molar-refractivity contribution in [2.75, 3.05) is 19.4 Å². The first-order valence-electron chi connectivity index (χ1n) is 8.42. The van der Waals surface area contributed by atoms with Gasteiger partial charge in [-0.3, -0.25) is 4.79 Å². The van der Waals surface area contributed by atoms with Crippen molar-refractivity contribution >= 4 is 32.7 Å². The van der Waals surface area contributed by atoms with Crippen LogP contribution < -0.4 is 10.2 Å². The third kappa shape index (κ3) is 3.93. The van der Waals surface area contributed by atoms with E-state index in [0.29, 0.717) is 11.6 Å². The lowest BCUT2D eigenvalue weighted by Crippen LogP contribution is -2.35. The van der Waals surface area contributed by atoms with Crippen molar-refractivity contribution in [3.8, 4) is 0 Å². The molecule has 1 heterocycles. The third-order valence-electron chi connectivity index (χ3n) is 4.09. The Hall–Kier alpha value is -3.19. The molecule has 3 aromatic rings. The summed E-state index contributed by atoms with van der Waals surface area (Å²) in [5, 5.41) is 9.60. The van der Waals surface area contributed by atoms with Crippen LogP contribution in [0.15, 0.2) is 35.2 Å². The molecule has 0 aliphatic rings. The molecule has 0 aliphatic carbocycles. The predicted molar refractivity (Wildman–Crippen MR) is 99.4 cm³/mol. The zero-order valence-electron chi connectivity index (χ0n) is 15.9. The lowest BCUT2D eigenvalue weighted by atomic mass is 10.2. The highest BCUT2D eigenvalue weighted by Gasteiger charge is 2.23.